The Kier molecular flexibility index (Phi) is 2.59. The third-order valence-electron chi connectivity index (χ3n) is 3.57. The predicted molar refractivity (Wildman–Crippen MR) is 79.1 cm³/mol. The van der Waals surface area contributed by atoms with Crippen LogP contribution in [0.5, 0.6) is 0 Å². The van der Waals surface area contributed by atoms with Crippen molar-refractivity contribution >= 4 is 21.8 Å². The van der Waals surface area contributed by atoms with Gasteiger partial charge in [-0.05, 0) is 42.5 Å². The van der Waals surface area contributed by atoms with E-state index in [1.807, 2.05) is 0 Å². The monoisotopic (exact) mass is 297 g/mol. The number of fused-ring (bicyclic) bond motifs is 3. The normalized spacial score (nSPS) is 11.4. The zero-order valence-corrected chi connectivity index (χ0v) is 11.2. The molecule has 4 rings (SSSR count). The molecule has 0 radical (unpaired) electrons. The molecule has 22 heavy (non-hydrogen) atoms. The van der Waals surface area contributed by atoms with Crippen LogP contribution in [0.1, 0.15) is 0 Å². The lowest BCUT2D eigenvalue weighted by Gasteiger charge is -2.01. The first-order chi connectivity index (χ1) is 10.6. The molecule has 108 valence electrons. The quantitative estimate of drug-likeness (QED) is 0.587. The molecule has 0 bridgehead atoms. The second kappa shape index (κ2) is 4.49. The van der Waals surface area contributed by atoms with Crippen molar-refractivity contribution in [3.8, 4) is 5.69 Å². The van der Waals surface area contributed by atoms with E-state index in [9.17, 15) is 13.6 Å². The Hall–Kier alpha value is -3.02. The van der Waals surface area contributed by atoms with Crippen molar-refractivity contribution in [1.82, 2.24) is 14.8 Å². The Morgan fingerprint density at radius 1 is 0.955 bits per heavy atom. The molecule has 0 saturated heterocycles. The van der Waals surface area contributed by atoms with E-state index in [4.69, 9.17) is 0 Å². The Bertz CT molecular complexity index is 1060. The van der Waals surface area contributed by atoms with Gasteiger partial charge in [0.15, 0.2) is 0 Å². The van der Waals surface area contributed by atoms with E-state index < -0.39 is 5.82 Å². The summed E-state index contributed by atoms with van der Waals surface area (Å²) < 4.78 is 27.8. The smallest absolute Gasteiger partial charge is 0.280 e. The predicted octanol–water partition coefficient (Wildman–Crippen LogP) is 3.15. The average Bonchev–Trinajstić information content (AvgIpc) is 2.86. The summed E-state index contributed by atoms with van der Waals surface area (Å²) in [6.45, 7) is 0. The summed E-state index contributed by atoms with van der Waals surface area (Å²) >= 11 is 0. The van der Waals surface area contributed by atoms with Crippen molar-refractivity contribution in [2.24, 2.45) is 0 Å². The number of nitrogens with one attached hydrogen (secondary N) is 1. The van der Waals surface area contributed by atoms with E-state index in [-0.39, 0.29) is 11.4 Å². The Labute approximate surface area is 122 Å². The van der Waals surface area contributed by atoms with Gasteiger partial charge in [-0.15, -0.1) is 0 Å². The number of pyridine rings is 1. The van der Waals surface area contributed by atoms with Crippen LogP contribution in [-0.4, -0.2) is 14.8 Å². The van der Waals surface area contributed by atoms with Gasteiger partial charge in [0, 0.05) is 11.6 Å². The van der Waals surface area contributed by atoms with E-state index >= 15 is 0 Å². The molecule has 0 saturated carbocycles. The minimum Gasteiger partial charge on any atom is -0.290 e. The second-order valence-electron chi connectivity index (χ2n) is 4.94. The standard InChI is InChI=1S/C16H9F2N3O/c17-9-1-4-11(5-2-9)21-16(22)13-8-19-14-6-3-10(18)7-12(14)15(13)20-21/h1-8,20H. The summed E-state index contributed by atoms with van der Waals surface area (Å²) in [7, 11) is 0. The topological polar surface area (TPSA) is 50.7 Å². The van der Waals surface area contributed by atoms with Crippen LogP contribution < -0.4 is 5.56 Å². The van der Waals surface area contributed by atoms with Crippen molar-refractivity contribution in [3.05, 3.63) is 70.6 Å². The highest BCUT2D eigenvalue weighted by Gasteiger charge is 2.12. The lowest BCUT2D eigenvalue weighted by Crippen LogP contribution is -2.14. The summed E-state index contributed by atoms with van der Waals surface area (Å²) in [6.07, 6.45) is 1.45. The molecule has 2 aromatic heterocycles. The first kappa shape index (κ1) is 12.7. The number of aromatic nitrogens is 3. The number of hydrogen-bond acceptors (Lipinski definition) is 2. The first-order valence-electron chi connectivity index (χ1n) is 6.58. The number of benzene rings is 2. The fraction of sp³-hybridized carbons (Fsp3) is 0. The van der Waals surface area contributed by atoms with Crippen LogP contribution in [0.3, 0.4) is 0 Å². The average molecular weight is 297 g/mol. The molecule has 1 N–H and O–H groups in total. The van der Waals surface area contributed by atoms with Crippen LogP contribution in [-0.2, 0) is 0 Å². The summed E-state index contributed by atoms with van der Waals surface area (Å²) in [5.41, 5.74) is 1.26. The SMILES string of the molecule is O=c1c2cnc3ccc(F)cc3c2[nH]n1-c1ccc(F)cc1. The molecule has 0 aliphatic carbocycles. The van der Waals surface area contributed by atoms with E-state index in [1.165, 1.54) is 47.3 Å². The van der Waals surface area contributed by atoms with Gasteiger partial charge in [0.2, 0.25) is 0 Å². The number of aromatic amines is 1. The molecule has 0 atom stereocenters. The molecule has 6 heteroatoms. The van der Waals surface area contributed by atoms with Gasteiger partial charge in [0.1, 0.15) is 11.6 Å². The van der Waals surface area contributed by atoms with E-state index in [0.717, 1.165) is 0 Å². The molecule has 0 spiro atoms. The van der Waals surface area contributed by atoms with Gasteiger partial charge in [0.05, 0.1) is 22.1 Å². The third-order valence-corrected chi connectivity index (χ3v) is 3.57. The number of halogens is 2. The van der Waals surface area contributed by atoms with Crippen LogP contribution in [0.2, 0.25) is 0 Å². The third kappa shape index (κ3) is 1.81. The molecule has 0 fully saturated rings. The molecule has 0 aliphatic heterocycles. The molecule has 0 unspecified atom stereocenters. The minimum atomic E-state index is -0.405. The van der Waals surface area contributed by atoms with Crippen LogP contribution in [0.15, 0.2) is 53.5 Å². The summed E-state index contributed by atoms with van der Waals surface area (Å²) in [5.74, 6) is -0.792. The van der Waals surface area contributed by atoms with Crippen LogP contribution in [0.4, 0.5) is 8.78 Å². The first-order valence-corrected chi connectivity index (χ1v) is 6.58. The summed E-state index contributed by atoms with van der Waals surface area (Å²) in [5, 5.41) is 3.82. The lowest BCUT2D eigenvalue weighted by molar-refractivity contribution is 0.627. The molecular formula is C16H9F2N3O. The van der Waals surface area contributed by atoms with E-state index in [2.05, 4.69) is 10.1 Å². The number of hydrogen-bond donors (Lipinski definition) is 1. The molecule has 0 amide bonds. The van der Waals surface area contributed by atoms with Crippen LogP contribution >= 0.6 is 0 Å². The van der Waals surface area contributed by atoms with Crippen LogP contribution in [0, 0.1) is 11.6 Å². The molecule has 2 heterocycles. The maximum atomic E-state index is 13.5. The highest BCUT2D eigenvalue weighted by atomic mass is 19.1. The van der Waals surface area contributed by atoms with Crippen LogP contribution in [0.25, 0.3) is 27.5 Å². The van der Waals surface area contributed by atoms with Gasteiger partial charge in [-0.1, -0.05) is 0 Å². The zero-order chi connectivity index (χ0) is 15.3. The molecule has 2 aromatic carbocycles. The van der Waals surface area contributed by atoms with Gasteiger partial charge in [-0.3, -0.25) is 14.9 Å². The maximum absolute atomic E-state index is 13.5. The fourth-order valence-electron chi connectivity index (χ4n) is 2.50. The van der Waals surface area contributed by atoms with Gasteiger partial charge >= 0.3 is 0 Å². The molecule has 0 aliphatic rings. The van der Waals surface area contributed by atoms with Gasteiger partial charge in [0.25, 0.3) is 5.56 Å². The molecule has 4 nitrogen and oxygen atoms in total. The van der Waals surface area contributed by atoms with Crippen molar-refractivity contribution in [2.75, 3.05) is 0 Å². The fourth-order valence-corrected chi connectivity index (χ4v) is 2.50. The lowest BCUT2D eigenvalue weighted by atomic mass is 10.2. The van der Waals surface area contributed by atoms with Crippen molar-refractivity contribution < 1.29 is 8.78 Å². The number of H-pyrrole nitrogens is 1. The van der Waals surface area contributed by atoms with Gasteiger partial charge in [-0.2, -0.15) is 0 Å². The minimum absolute atomic E-state index is 0.319. The maximum Gasteiger partial charge on any atom is 0.280 e. The number of nitrogens with zero attached hydrogens (tertiary/aromatic N) is 2. The largest absolute Gasteiger partial charge is 0.290 e. The number of rotatable bonds is 1. The molecule has 4 aromatic rings. The Balaban J connectivity index is 2.07. The van der Waals surface area contributed by atoms with Gasteiger partial charge in [-0.25, -0.2) is 13.5 Å². The zero-order valence-electron chi connectivity index (χ0n) is 11.2. The van der Waals surface area contributed by atoms with Gasteiger partial charge < -0.3 is 0 Å². The van der Waals surface area contributed by atoms with Crippen molar-refractivity contribution in [3.63, 3.8) is 0 Å². The Morgan fingerprint density at radius 2 is 1.68 bits per heavy atom. The van der Waals surface area contributed by atoms with Crippen molar-refractivity contribution in [2.45, 2.75) is 0 Å². The Morgan fingerprint density at radius 3 is 2.45 bits per heavy atom. The van der Waals surface area contributed by atoms with E-state index in [1.54, 1.807) is 6.07 Å². The highest BCUT2D eigenvalue weighted by Crippen LogP contribution is 2.21. The highest BCUT2D eigenvalue weighted by molar-refractivity contribution is 6.02. The molecular weight excluding hydrogens is 288 g/mol. The van der Waals surface area contributed by atoms with Crippen molar-refractivity contribution in [1.29, 1.82) is 0 Å². The second-order valence-corrected chi connectivity index (χ2v) is 4.94. The summed E-state index contributed by atoms with van der Waals surface area (Å²) in [6, 6.07) is 9.71. The van der Waals surface area contributed by atoms with E-state index in [0.29, 0.717) is 27.5 Å². The summed E-state index contributed by atoms with van der Waals surface area (Å²) in [4.78, 5) is 16.6.